The second kappa shape index (κ2) is 8.82. The summed E-state index contributed by atoms with van der Waals surface area (Å²) in [5.41, 5.74) is 1.03. The number of halogens is 2. The number of rotatable bonds is 6. The lowest BCUT2D eigenvalue weighted by Crippen LogP contribution is -2.15. The van der Waals surface area contributed by atoms with Crippen molar-refractivity contribution < 1.29 is 13.9 Å². The van der Waals surface area contributed by atoms with Gasteiger partial charge in [-0.25, -0.2) is 14.4 Å². The number of anilines is 1. The fraction of sp³-hybridized carbons (Fsp3) is 0.118. The van der Waals surface area contributed by atoms with Gasteiger partial charge in [-0.2, -0.15) is 0 Å². The van der Waals surface area contributed by atoms with E-state index in [1.165, 1.54) is 50.8 Å². The van der Waals surface area contributed by atoms with Gasteiger partial charge in [0.2, 0.25) is 0 Å². The molecule has 2 rings (SSSR count). The quantitative estimate of drug-likeness (QED) is 0.621. The average Bonchev–Trinajstić information content (AvgIpc) is 2.62. The molecule has 134 valence electrons. The van der Waals surface area contributed by atoms with Gasteiger partial charge in [-0.1, -0.05) is 11.6 Å². The summed E-state index contributed by atoms with van der Waals surface area (Å²) in [6.45, 7) is 3.38. The lowest BCUT2D eigenvalue weighted by Gasteiger charge is -2.07. The third-order valence-electron chi connectivity index (χ3n) is 3.14. The van der Waals surface area contributed by atoms with Crippen molar-refractivity contribution in [1.29, 1.82) is 0 Å². The average molecular weight is 376 g/mol. The van der Waals surface area contributed by atoms with E-state index in [2.05, 4.69) is 32.0 Å². The molecule has 0 unspecified atom stereocenters. The molecule has 0 saturated heterocycles. The second-order valence-corrected chi connectivity index (χ2v) is 5.30. The first kappa shape index (κ1) is 19.2. The third kappa shape index (κ3) is 4.93. The highest BCUT2D eigenvalue weighted by Gasteiger charge is 2.12. The summed E-state index contributed by atoms with van der Waals surface area (Å²) in [6.07, 6.45) is 4.13. The highest BCUT2D eigenvalue weighted by Crippen LogP contribution is 2.17. The minimum absolute atomic E-state index is 0.0261. The van der Waals surface area contributed by atoms with Crippen LogP contribution in [0.4, 0.5) is 10.1 Å². The molecule has 0 aliphatic carbocycles. The summed E-state index contributed by atoms with van der Waals surface area (Å²) in [7, 11) is 2.93. The van der Waals surface area contributed by atoms with Crippen LogP contribution in [0.15, 0.2) is 52.4 Å². The van der Waals surface area contributed by atoms with Crippen LogP contribution in [0.2, 0.25) is 5.02 Å². The van der Waals surface area contributed by atoms with Crippen LogP contribution < -0.4 is 10.1 Å². The highest BCUT2D eigenvalue weighted by molar-refractivity contribution is 6.31. The molecule has 0 atom stereocenters. The van der Waals surface area contributed by atoms with E-state index in [-0.39, 0.29) is 16.7 Å². The van der Waals surface area contributed by atoms with Gasteiger partial charge in [0.05, 0.1) is 30.9 Å². The van der Waals surface area contributed by atoms with Gasteiger partial charge in [-0.15, -0.1) is 0 Å². The Balaban J connectivity index is 2.26. The first-order chi connectivity index (χ1) is 12.5. The molecule has 1 aromatic heterocycles. The largest absolute Gasteiger partial charge is 0.467 e. The summed E-state index contributed by atoms with van der Waals surface area (Å²) in [5.74, 6) is -1.08. The number of benzene rings is 1. The number of allylic oxidation sites excluding steroid dienone is 1. The van der Waals surface area contributed by atoms with Crippen LogP contribution in [0.5, 0.6) is 6.01 Å². The molecule has 1 amide bonds. The van der Waals surface area contributed by atoms with Crippen LogP contribution in [0.25, 0.3) is 0 Å². The predicted molar refractivity (Wildman–Crippen MR) is 98.7 cm³/mol. The van der Waals surface area contributed by atoms with Crippen molar-refractivity contribution in [3.63, 3.8) is 0 Å². The molecule has 0 fully saturated rings. The van der Waals surface area contributed by atoms with Gasteiger partial charge < -0.3 is 10.1 Å². The van der Waals surface area contributed by atoms with E-state index in [0.717, 1.165) is 0 Å². The molecule has 7 nitrogen and oxygen atoms in total. The van der Waals surface area contributed by atoms with E-state index >= 15 is 0 Å². The van der Waals surface area contributed by atoms with E-state index in [1.807, 2.05) is 0 Å². The van der Waals surface area contributed by atoms with Crippen molar-refractivity contribution in [1.82, 2.24) is 9.97 Å². The lowest BCUT2D eigenvalue weighted by atomic mass is 10.1. The summed E-state index contributed by atoms with van der Waals surface area (Å²) >= 11 is 5.86. The van der Waals surface area contributed by atoms with Gasteiger partial charge in [0.15, 0.2) is 0 Å². The van der Waals surface area contributed by atoms with E-state index < -0.39 is 11.7 Å². The van der Waals surface area contributed by atoms with Crippen LogP contribution in [0.1, 0.15) is 5.56 Å². The molecule has 1 heterocycles. The zero-order valence-electron chi connectivity index (χ0n) is 14.0. The van der Waals surface area contributed by atoms with Crippen LogP contribution in [-0.2, 0) is 4.79 Å². The number of hydrogen-bond acceptors (Lipinski definition) is 6. The molecule has 1 N–H and O–H groups in total. The number of methoxy groups -OCH3 is 1. The Labute approximate surface area is 154 Å². The predicted octanol–water partition coefficient (Wildman–Crippen LogP) is 2.92. The molecule has 26 heavy (non-hydrogen) atoms. The molecule has 2 aromatic rings. The van der Waals surface area contributed by atoms with Crippen molar-refractivity contribution >= 4 is 35.6 Å². The maximum absolute atomic E-state index is 13.6. The minimum Gasteiger partial charge on any atom is -0.467 e. The maximum atomic E-state index is 13.6. The SMILES string of the molecule is C=N/C(=C\C(=NC)c1cc(F)cc(Cl)c1)C(=O)Nc1cnc(OC)nc1. The van der Waals surface area contributed by atoms with Gasteiger partial charge in [-0.3, -0.25) is 14.8 Å². The van der Waals surface area contributed by atoms with Crippen LogP contribution in [0.3, 0.4) is 0 Å². The summed E-state index contributed by atoms with van der Waals surface area (Å²) < 4.78 is 18.4. The molecule has 0 saturated carbocycles. The number of aliphatic imine (C=N–C) groups is 2. The summed E-state index contributed by atoms with van der Waals surface area (Å²) in [6, 6.07) is 4.12. The molecule has 0 radical (unpaired) electrons. The normalized spacial score (nSPS) is 11.8. The zero-order chi connectivity index (χ0) is 19.1. The number of ether oxygens (including phenoxy) is 1. The van der Waals surface area contributed by atoms with Crippen molar-refractivity contribution in [2.24, 2.45) is 9.98 Å². The number of carbonyl (C=O) groups excluding carboxylic acids is 1. The molecular weight excluding hydrogens is 361 g/mol. The molecular formula is C17H15ClFN5O2. The monoisotopic (exact) mass is 375 g/mol. The Morgan fingerprint density at radius 2 is 2.04 bits per heavy atom. The first-order valence-electron chi connectivity index (χ1n) is 7.26. The Morgan fingerprint density at radius 1 is 1.35 bits per heavy atom. The molecule has 0 aliphatic rings. The highest BCUT2D eigenvalue weighted by atomic mass is 35.5. The van der Waals surface area contributed by atoms with Crippen LogP contribution in [0, 0.1) is 5.82 Å². The number of hydrogen-bond donors (Lipinski definition) is 1. The topological polar surface area (TPSA) is 88.8 Å². The van der Waals surface area contributed by atoms with Crippen molar-refractivity contribution in [3.8, 4) is 6.01 Å². The van der Waals surface area contributed by atoms with Crippen molar-refractivity contribution in [2.75, 3.05) is 19.5 Å². The van der Waals surface area contributed by atoms with Crippen molar-refractivity contribution in [3.05, 3.63) is 58.8 Å². The van der Waals surface area contributed by atoms with Crippen molar-refractivity contribution in [2.45, 2.75) is 0 Å². The molecule has 0 spiro atoms. The number of amides is 1. The number of nitrogens with zero attached hydrogens (tertiary/aromatic N) is 4. The molecule has 0 aliphatic heterocycles. The smallest absolute Gasteiger partial charge is 0.316 e. The van der Waals surface area contributed by atoms with Crippen LogP contribution >= 0.6 is 11.6 Å². The van der Waals surface area contributed by atoms with Gasteiger partial charge in [0.1, 0.15) is 11.5 Å². The van der Waals surface area contributed by atoms with E-state index in [1.54, 1.807) is 0 Å². The molecule has 0 bridgehead atoms. The Morgan fingerprint density at radius 3 is 2.58 bits per heavy atom. The standard InChI is InChI=1S/C17H15ClFN5O2/c1-20-14(10-4-11(18)6-12(19)5-10)7-15(21-2)16(25)24-13-8-22-17(26-3)23-9-13/h4-9H,2H2,1,3H3,(H,24,25)/b15-7-,20-14?. The fourth-order valence-electron chi connectivity index (χ4n) is 1.97. The van der Waals surface area contributed by atoms with E-state index in [4.69, 9.17) is 16.3 Å². The van der Waals surface area contributed by atoms with Gasteiger partial charge in [-0.05, 0) is 31.0 Å². The van der Waals surface area contributed by atoms with Gasteiger partial charge in [0.25, 0.3) is 5.91 Å². The van der Waals surface area contributed by atoms with Gasteiger partial charge >= 0.3 is 6.01 Å². The zero-order valence-corrected chi connectivity index (χ0v) is 14.8. The Kier molecular flexibility index (Phi) is 6.51. The first-order valence-corrected chi connectivity index (χ1v) is 7.63. The summed E-state index contributed by atoms with van der Waals surface area (Å²) in [5, 5.41) is 2.78. The minimum atomic E-state index is -0.558. The second-order valence-electron chi connectivity index (χ2n) is 4.87. The lowest BCUT2D eigenvalue weighted by molar-refractivity contribution is -0.112. The number of carbonyl (C=O) groups is 1. The maximum Gasteiger partial charge on any atom is 0.316 e. The van der Waals surface area contributed by atoms with Crippen LogP contribution in [-0.4, -0.2) is 42.5 Å². The third-order valence-corrected chi connectivity index (χ3v) is 3.36. The summed E-state index contributed by atoms with van der Waals surface area (Å²) in [4.78, 5) is 27.9. The number of nitrogens with one attached hydrogen (secondary N) is 1. The number of aromatic nitrogens is 2. The molecule has 1 aromatic carbocycles. The molecule has 9 heteroatoms. The van der Waals surface area contributed by atoms with Gasteiger partial charge in [0, 0.05) is 17.6 Å². The Hall–Kier alpha value is -3.13. The Bertz CT molecular complexity index is 861. The van der Waals surface area contributed by atoms with E-state index in [9.17, 15) is 9.18 Å². The fourth-order valence-corrected chi connectivity index (χ4v) is 2.19. The van der Waals surface area contributed by atoms with E-state index in [0.29, 0.717) is 17.0 Å².